The average molecular weight is 764 g/mol. The smallest absolute Gasteiger partial charge is 0.143 e. The fraction of sp³-hybridized carbons (Fsp3) is 0. The van der Waals surface area contributed by atoms with Gasteiger partial charge in [0.05, 0.1) is 5.69 Å². The van der Waals surface area contributed by atoms with Gasteiger partial charge < -0.3 is 9.32 Å². The number of hydrogen-bond donors (Lipinski definition) is 0. The summed E-state index contributed by atoms with van der Waals surface area (Å²) in [5.41, 5.74) is 12.2. The Morgan fingerprint density at radius 1 is 0.300 bits per heavy atom. The zero-order chi connectivity index (χ0) is 39.6. The van der Waals surface area contributed by atoms with E-state index in [0.29, 0.717) is 0 Å². The average Bonchev–Trinajstić information content (AvgIpc) is 3.70. The van der Waals surface area contributed by atoms with Crippen LogP contribution in [0.1, 0.15) is 0 Å². The molecule has 11 aromatic carbocycles. The number of furan rings is 1. The molecule has 0 unspecified atom stereocenters. The van der Waals surface area contributed by atoms with Gasteiger partial charge in [0.25, 0.3) is 0 Å². The molecule has 0 radical (unpaired) electrons. The standard InChI is InChI=1S/C58H37NO/c1-2-13-39(14-3-1)48-22-10-17-42-18-11-23-49(57(42)48)41-26-29-45(30-27-41)59(46-31-33-53-54-32-28-40-15-6-7-19-50(40)58(54)60-56(53)37-46)55-35-34-47(51-20-8-9-21-52(51)55)44-25-24-38-12-4-5-16-43(38)36-44/h1-37H. The molecule has 0 fully saturated rings. The minimum atomic E-state index is 0.863. The summed E-state index contributed by atoms with van der Waals surface area (Å²) in [6.45, 7) is 0. The SMILES string of the molecule is c1ccc(-c2cccc3cccc(-c4ccc(N(c5ccc6c(c5)oc5c7ccccc7ccc65)c5ccc(-c6ccc7ccccc7c6)c6ccccc56)cc4)c23)cc1. The van der Waals surface area contributed by atoms with Crippen LogP contribution < -0.4 is 4.90 Å². The molecule has 0 saturated carbocycles. The van der Waals surface area contributed by atoms with Gasteiger partial charge in [0.1, 0.15) is 11.2 Å². The fourth-order valence-corrected chi connectivity index (χ4v) is 9.38. The third-order valence-electron chi connectivity index (χ3n) is 12.2. The van der Waals surface area contributed by atoms with E-state index in [9.17, 15) is 0 Å². The highest BCUT2D eigenvalue weighted by Gasteiger charge is 2.20. The van der Waals surface area contributed by atoms with Crippen molar-refractivity contribution in [2.24, 2.45) is 0 Å². The van der Waals surface area contributed by atoms with Crippen LogP contribution in [0.15, 0.2) is 229 Å². The van der Waals surface area contributed by atoms with Gasteiger partial charge in [-0.2, -0.15) is 0 Å². The van der Waals surface area contributed by atoms with Crippen LogP contribution in [0.2, 0.25) is 0 Å². The van der Waals surface area contributed by atoms with E-state index in [-0.39, 0.29) is 0 Å². The van der Waals surface area contributed by atoms with Crippen molar-refractivity contribution in [3.05, 3.63) is 224 Å². The quantitative estimate of drug-likeness (QED) is 0.168. The van der Waals surface area contributed by atoms with Gasteiger partial charge in [-0.05, 0) is 108 Å². The van der Waals surface area contributed by atoms with Crippen molar-refractivity contribution in [3.8, 4) is 33.4 Å². The number of hydrogen-bond acceptors (Lipinski definition) is 2. The van der Waals surface area contributed by atoms with Crippen LogP contribution in [-0.2, 0) is 0 Å². The zero-order valence-corrected chi connectivity index (χ0v) is 32.7. The second kappa shape index (κ2) is 13.9. The topological polar surface area (TPSA) is 16.4 Å². The van der Waals surface area contributed by atoms with Crippen LogP contribution in [0.4, 0.5) is 17.1 Å². The molecule has 0 aliphatic carbocycles. The Labute approximate surface area is 347 Å². The molecule has 2 nitrogen and oxygen atoms in total. The molecule has 0 N–H and O–H groups in total. The van der Waals surface area contributed by atoms with Crippen LogP contribution in [-0.4, -0.2) is 0 Å². The Balaban J connectivity index is 1.05. The predicted molar refractivity (Wildman–Crippen MR) is 255 cm³/mol. The van der Waals surface area contributed by atoms with Crippen molar-refractivity contribution in [1.29, 1.82) is 0 Å². The minimum absolute atomic E-state index is 0.863. The van der Waals surface area contributed by atoms with E-state index in [1.165, 1.54) is 71.1 Å². The highest BCUT2D eigenvalue weighted by Crippen LogP contribution is 2.45. The third kappa shape index (κ3) is 5.57. The van der Waals surface area contributed by atoms with Crippen molar-refractivity contribution in [1.82, 2.24) is 0 Å². The largest absolute Gasteiger partial charge is 0.455 e. The lowest BCUT2D eigenvalue weighted by Crippen LogP contribution is -2.10. The summed E-state index contributed by atoms with van der Waals surface area (Å²) in [7, 11) is 0. The lowest BCUT2D eigenvalue weighted by Gasteiger charge is -2.28. The molecule has 0 spiro atoms. The molecule has 280 valence electrons. The normalized spacial score (nSPS) is 11.7. The van der Waals surface area contributed by atoms with Gasteiger partial charge in [-0.15, -0.1) is 0 Å². The molecule has 0 saturated heterocycles. The maximum atomic E-state index is 6.77. The highest BCUT2D eigenvalue weighted by molar-refractivity contribution is 6.16. The van der Waals surface area contributed by atoms with E-state index >= 15 is 0 Å². The fourth-order valence-electron chi connectivity index (χ4n) is 9.38. The molecule has 0 aliphatic rings. The molecule has 0 atom stereocenters. The molecule has 0 bridgehead atoms. The highest BCUT2D eigenvalue weighted by atomic mass is 16.3. The second-order valence-electron chi connectivity index (χ2n) is 15.6. The van der Waals surface area contributed by atoms with Crippen LogP contribution in [0.25, 0.3) is 98.4 Å². The molecule has 12 rings (SSSR count). The van der Waals surface area contributed by atoms with Crippen LogP contribution in [0.3, 0.4) is 0 Å². The monoisotopic (exact) mass is 763 g/mol. The van der Waals surface area contributed by atoms with Gasteiger partial charge >= 0.3 is 0 Å². The number of fused-ring (bicyclic) bond motifs is 8. The van der Waals surface area contributed by atoms with Crippen molar-refractivity contribution in [2.45, 2.75) is 0 Å². The summed E-state index contributed by atoms with van der Waals surface area (Å²) in [5.74, 6) is 0. The van der Waals surface area contributed by atoms with Gasteiger partial charge in [0.2, 0.25) is 0 Å². The molecule has 12 aromatic rings. The van der Waals surface area contributed by atoms with Crippen molar-refractivity contribution >= 4 is 82.1 Å². The first kappa shape index (κ1) is 34.1. The summed E-state index contributed by atoms with van der Waals surface area (Å²) >= 11 is 0. The maximum Gasteiger partial charge on any atom is 0.143 e. The molecule has 0 amide bonds. The number of benzene rings is 11. The van der Waals surface area contributed by atoms with E-state index in [1.54, 1.807) is 0 Å². The van der Waals surface area contributed by atoms with Crippen LogP contribution in [0.5, 0.6) is 0 Å². The van der Waals surface area contributed by atoms with Crippen molar-refractivity contribution < 1.29 is 4.42 Å². The molecule has 2 heteroatoms. The van der Waals surface area contributed by atoms with E-state index < -0.39 is 0 Å². The van der Waals surface area contributed by atoms with Gasteiger partial charge in [0, 0.05) is 39.0 Å². The van der Waals surface area contributed by atoms with Gasteiger partial charge in [-0.25, -0.2) is 0 Å². The molecular formula is C58H37NO. The van der Waals surface area contributed by atoms with E-state index in [4.69, 9.17) is 4.42 Å². The van der Waals surface area contributed by atoms with E-state index in [2.05, 4.69) is 229 Å². The molecule has 1 heterocycles. The molecule has 1 aromatic heterocycles. The summed E-state index contributed by atoms with van der Waals surface area (Å²) in [6, 6.07) is 81.3. The Bertz CT molecular complexity index is 3590. The Morgan fingerprint density at radius 2 is 0.900 bits per heavy atom. The summed E-state index contributed by atoms with van der Waals surface area (Å²) in [5, 5.41) is 11.9. The van der Waals surface area contributed by atoms with Gasteiger partial charge in [0.15, 0.2) is 0 Å². The third-order valence-corrected chi connectivity index (χ3v) is 12.2. The molecular weight excluding hydrogens is 727 g/mol. The first-order valence-corrected chi connectivity index (χ1v) is 20.6. The van der Waals surface area contributed by atoms with Crippen molar-refractivity contribution in [2.75, 3.05) is 4.90 Å². The van der Waals surface area contributed by atoms with Gasteiger partial charge in [-0.3, -0.25) is 0 Å². The lowest BCUT2D eigenvalue weighted by molar-refractivity contribution is 0.672. The molecule has 0 aliphatic heterocycles. The number of rotatable bonds is 6. The second-order valence-corrected chi connectivity index (χ2v) is 15.6. The Hall–Kier alpha value is -7.94. The Kier molecular flexibility index (Phi) is 7.89. The number of anilines is 3. The summed E-state index contributed by atoms with van der Waals surface area (Å²) in [6.07, 6.45) is 0. The predicted octanol–water partition coefficient (Wildman–Crippen LogP) is 16.7. The zero-order valence-electron chi connectivity index (χ0n) is 32.7. The molecule has 60 heavy (non-hydrogen) atoms. The number of nitrogens with zero attached hydrogens (tertiary/aromatic N) is 1. The lowest BCUT2D eigenvalue weighted by atomic mass is 9.91. The minimum Gasteiger partial charge on any atom is -0.455 e. The maximum absolute atomic E-state index is 6.77. The Morgan fingerprint density at radius 3 is 1.70 bits per heavy atom. The van der Waals surface area contributed by atoms with E-state index in [0.717, 1.165) is 44.4 Å². The summed E-state index contributed by atoms with van der Waals surface area (Å²) in [4.78, 5) is 2.39. The van der Waals surface area contributed by atoms with Crippen LogP contribution in [0, 0.1) is 0 Å². The van der Waals surface area contributed by atoms with Crippen molar-refractivity contribution in [3.63, 3.8) is 0 Å². The summed E-state index contributed by atoms with van der Waals surface area (Å²) < 4.78 is 6.77. The van der Waals surface area contributed by atoms with Crippen LogP contribution >= 0.6 is 0 Å². The van der Waals surface area contributed by atoms with E-state index in [1.807, 2.05) is 0 Å². The van der Waals surface area contributed by atoms with Gasteiger partial charge in [-0.1, -0.05) is 176 Å². The first-order valence-electron chi connectivity index (χ1n) is 20.6. The first-order chi connectivity index (χ1) is 29.7.